The second-order valence-corrected chi connectivity index (χ2v) is 5.94. The van der Waals surface area contributed by atoms with E-state index in [9.17, 15) is 10.2 Å². The molecule has 0 radical (unpaired) electrons. The Hall–Kier alpha value is -1.96. The summed E-state index contributed by atoms with van der Waals surface area (Å²) in [7, 11) is 0. The molecule has 0 amide bonds. The van der Waals surface area contributed by atoms with Gasteiger partial charge < -0.3 is 10.2 Å². The van der Waals surface area contributed by atoms with Crippen LogP contribution in [-0.4, -0.2) is 10.2 Å². The number of benzene rings is 2. The molecule has 112 valence electrons. The van der Waals surface area contributed by atoms with E-state index in [0.29, 0.717) is 11.5 Å². The smallest absolute Gasteiger partial charge is 0.119 e. The third kappa shape index (κ3) is 2.63. The van der Waals surface area contributed by atoms with Crippen LogP contribution in [0.5, 0.6) is 11.5 Å². The molecule has 2 nitrogen and oxygen atoms in total. The van der Waals surface area contributed by atoms with Gasteiger partial charge in [0.15, 0.2) is 0 Å². The summed E-state index contributed by atoms with van der Waals surface area (Å²) in [5, 5.41) is 20.3. The fourth-order valence-corrected chi connectivity index (χ4v) is 3.21. The van der Waals surface area contributed by atoms with Gasteiger partial charge in [0, 0.05) is 5.41 Å². The molecule has 0 heterocycles. The Morgan fingerprint density at radius 3 is 1.48 bits per heavy atom. The van der Waals surface area contributed by atoms with Crippen molar-refractivity contribution in [2.45, 2.75) is 46.0 Å². The van der Waals surface area contributed by atoms with Crippen LogP contribution in [0.2, 0.25) is 0 Å². The Bertz CT molecular complexity index is 587. The Morgan fingerprint density at radius 1 is 0.762 bits per heavy atom. The van der Waals surface area contributed by atoms with Crippen molar-refractivity contribution in [2.75, 3.05) is 0 Å². The van der Waals surface area contributed by atoms with Crippen molar-refractivity contribution in [2.24, 2.45) is 0 Å². The van der Waals surface area contributed by atoms with Crippen LogP contribution in [-0.2, 0) is 18.3 Å². The molecule has 2 aromatic carbocycles. The van der Waals surface area contributed by atoms with Gasteiger partial charge in [-0.15, -0.1) is 0 Å². The molecular weight excluding hydrogens is 260 g/mol. The molecule has 2 N–H and O–H groups in total. The van der Waals surface area contributed by atoms with Crippen molar-refractivity contribution in [1.82, 2.24) is 0 Å². The van der Waals surface area contributed by atoms with Gasteiger partial charge in [-0.1, -0.05) is 52.0 Å². The maximum Gasteiger partial charge on any atom is 0.119 e. The molecular formula is C19H24O2. The van der Waals surface area contributed by atoms with Crippen molar-refractivity contribution >= 4 is 0 Å². The van der Waals surface area contributed by atoms with Crippen LogP contribution in [0.25, 0.3) is 0 Å². The van der Waals surface area contributed by atoms with Gasteiger partial charge in [-0.2, -0.15) is 0 Å². The number of aromatic hydroxyl groups is 2. The maximum absolute atomic E-state index is 10.1. The van der Waals surface area contributed by atoms with Gasteiger partial charge in [0.25, 0.3) is 0 Å². The van der Waals surface area contributed by atoms with Gasteiger partial charge in [-0.3, -0.25) is 0 Å². The van der Waals surface area contributed by atoms with Gasteiger partial charge in [-0.05, 0) is 47.2 Å². The Kier molecular flexibility index (Phi) is 4.26. The van der Waals surface area contributed by atoms with Gasteiger partial charge >= 0.3 is 0 Å². The summed E-state index contributed by atoms with van der Waals surface area (Å²) in [4.78, 5) is 0. The van der Waals surface area contributed by atoms with Gasteiger partial charge in [0.2, 0.25) is 0 Å². The second kappa shape index (κ2) is 5.80. The predicted molar refractivity (Wildman–Crippen MR) is 87.1 cm³/mol. The largest absolute Gasteiger partial charge is 0.508 e. The molecule has 0 fully saturated rings. The van der Waals surface area contributed by atoms with Crippen LogP contribution in [0, 0.1) is 0 Å². The van der Waals surface area contributed by atoms with Crippen molar-refractivity contribution in [3.05, 3.63) is 58.7 Å². The van der Waals surface area contributed by atoms with Gasteiger partial charge in [-0.25, -0.2) is 0 Å². The number of hydrogen-bond acceptors (Lipinski definition) is 2. The molecule has 0 aromatic heterocycles. The lowest BCUT2D eigenvalue weighted by molar-refractivity contribution is 0.460. The maximum atomic E-state index is 10.1. The molecule has 2 aromatic rings. The Balaban J connectivity index is 2.68. The molecule has 0 spiro atoms. The zero-order valence-corrected chi connectivity index (χ0v) is 13.3. The lowest BCUT2D eigenvalue weighted by atomic mass is 9.73. The summed E-state index contributed by atoms with van der Waals surface area (Å²) in [6.07, 6.45) is 1.57. The molecule has 2 heteroatoms. The van der Waals surface area contributed by atoms with Crippen LogP contribution < -0.4 is 0 Å². The SMILES string of the molecule is CCc1c(O)cccc1C(C)(C)c1cccc(O)c1CC. The van der Waals surface area contributed by atoms with E-state index in [-0.39, 0.29) is 5.41 Å². The minimum Gasteiger partial charge on any atom is -0.508 e. The number of phenolic OH excluding ortho intramolecular Hbond substituents is 2. The van der Waals surface area contributed by atoms with Gasteiger partial charge in [0.05, 0.1) is 0 Å². The van der Waals surface area contributed by atoms with E-state index in [2.05, 4.69) is 39.8 Å². The number of rotatable bonds is 4. The summed E-state index contributed by atoms with van der Waals surface area (Å²) < 4.78 is 0. The molecule has 0 aliphatic carbocycles. The van der Waals surface area contributed by atoms with Crippen LogP contribution >= 0.6 is 0 Å². The van der Waals surface area contributed by atoms with E-state index in [1.165, 1.54) is 0 Å². The zero-order valence-electron chi connectivity index (χ0n) is 13.3. The molecule has 0 saturated heterocycles. The molecule has 0 bridgehead atoms. The van der Waals surface area contributed by atoms with E-state index in [1.807, 2.05) is 12.1 Å². The van der Waals surface area contributed by atoms with E-state index in [4.69, 9.17) is 0 Å². The summed E-state index contributed by atoms with van der Waals surface area (Å²) in [6.45, 7) is 8.40. The first-order chi connectivity index (χ1) is 9.93. The van der Waals surface area contributed by atoms with E-state index in [0.717, 1.165) is 35.1 Å². The average molecular weight is 284 g/mol. The first-order valence-electron chi connectivity index (χ1n) is 7.56. The monoisotopic (exact) mass is 284 g/mol. The molecule has 21 heavy (non-hydrogen) atoms. The average Bonchev–Trinajstić information content (AvgIpc) is 2.46. The van der Waals surface area contributed by atoms with Crippen molar-refractivity contribution in [3.63, 3.8) is 0 Å². The quantitative estimate of drug-likeness (QED) is 0.864. The first-order valence-corrected chi connectivity index (χ1v) is 7.56. The highest BCUT2D eigenvalue weighted by Crippen LogP contribution is 2.40. The fourth-order valence-electron chi connectivity index (χ4n) is 3.21. The summed E-state index contributed by atoms with van der Waals surface area (Å²) in [5.74, 6) is 0.697. The number of hydrogen-bond donors (Lipinski definition) is 2. The highest BCUT2D eigenvalue weighted by molar-refractivity contribution is 5.52. The van der Waals surface area contributed by atoms with E-state index < -0.39 is 0 Å². The molecule has 2 rings (SSSR count). The lowest BCUT2D eigenvalue weighted by Crippen LogP contribution is -2.22. The molecule has 0 unspecified atom stereocenters. The van der Waals surface area contributed by atoms with Crippen LogP contribution in [0.1, 0.15) is 49.9 Å². The van der Waals surface area contributed by atoms with Crippen molar-refractivity contribution < 1.29 is 10.2 Å². The van der Waals surface area contributed by atoms with Gasteiger partial charge in [0.1, 0.15) is 11.5 Å². The minimum atomic E-state index is -0.270. The lowest BCUT2D eigenvalue weighted by Gasteiger charge is -2.31. The van der Waals surface area contributed by atoms with Crippen LogP contribution in [0.4, 0.5) is 0 Å². The molecule has 0 atom stereocenters. The van der Waals surface area contributed by atoms with Crippen LogP contribution in [0.15, 0.2) is 36.4 Å². The Labute approximate surface area is 127 Å². The topological polar surface area (TPSA) is 40.5 Å². The molecule has 0 saturated carbocycles. The summed E-state index contributed by atoms with van der Waals surface area (Å²) in [5.41, 5.74) is 3.92. The summed E-state index contributed by atoms with van der Waals surface area (Å²) in [6, 6.07) is 11.4. The molecule has 0 aliphatic heterocycles. The highest BCUT2D eigenvalue weighted by atomic mass is 16.3. The normalized spacial score (nSPS) is 11.6. The van der Waals surface area contributed by atoms with Crippen molar-refractivity contribution in [3.8, 4) is 11.5 Å². The fraction of sp³-hybridized carbons (Fsp3) is 0.368. The van der Waals surface area contributed by atoms with E-state index in [1.54, 1.807) is 12.1 Å². The third-order valence-corrected chi connectivity index (χ3v) is 4.36. The second-order valence-electron chi connectivity index (χ2n) is 5.94. The standard InChI is InChI=1S/C19H24O2/c1-5-13-15(9-7-11-17(13)20)19(3,4)16-10-8-12-18(21)14(16)6-2/h7-12,20-21H,5-6H2,1-4H3. The summed E-state index contributed by atoms with van der Waals surface area (Å²) >= 11 is 0. The third-order valence-electron chi connectivity index (χ3n) is 4.36. The van der Waals surface area contributed by atoms with Crippen molar-refractivity contribution in [1.29, 1.82) is 0 Å². The zero-order chi connectivity index (χ0) is 15.6. The van der Waals surface area contributed by atoms with Crippen LogP contribution in [0.3, 0.4) is 0 Å². The molecule has 0 aliphatic rings. The highest BCUT2D eigenvalue weighted by Gasteiger charge is 2.29. The first kappa shape index (κ1) is 15.4. The predicted octanol–water partition coefficient (Wildman–Crippen LogP) is 4.55. The minimum absolute atomic E-state index is 0.270. The Morgan fingerprint density at radius 2 is 1.14 bits per heavy atom. The van der Waals surface area contributed by atoms with E-state index >= 15 is 0 Å². The number of phenols is 2.